The first-order valence-electron chi connectivity index (χ1n) is 7.17. The molecule has 0 saturated carbocycles. The van der Waals surface area contributed by atoms with E-state index in [0.29, 0.717) is 6.42 Å². The van der Waals surface area contributed by atoms with Gasteiger partial charge in [0.1, 0.15) is 0 Å². The summed E-state index contributed by atoms with van der Waals surface area (Å²) in [6.45, 7) is 6.91. The van der Waals surface area contributed by atoms with Gasteiger partial charge in [-0.1, -0.05) is 62.8 Å². The number of unbranched alkanes of at least 4 members (excludes halogenated alkanes) is 7. The Morgan fingerprint density at radius 3 is 1.95 bits per heavy atom. The predicted molar refractivity (Wildman–Crippen MR) is 85.5 cm³/mol. The van der Waals surface area contributed by atoms with Crippen LogP contribution in [0.4, 0.5) is 0 Å². The third kappa shape index (κ3) is 15.4. The van der Waals surface area contributed by atoms with Crippen molar-refractivity contribution < 1.29 is 22.4 Å². The molecule has 7 heteroatoms. The zero-order chi connectivity index (χ0) is 15.4. The first-order valence-corrected chi connectivity index (χ1v) is 8.75. The summed E-state index contributed by atoms with van der Waals surface area (Å²) < 4.78 is 27.0. The van der Waals surface area contributed by atoms with Crippen molar-refractivity contribution in [1.29, 1.82) is 0 Å². The molecule has 0 rings (SSSR count). The van der Waals surface area contributed by atoms with E-state index in [1.807, 2.05) is 0 Å². The summed E-state index contributed by atoms with van der Waals surface area (Å²) in [5.41, 5.74) is 0.0901. The van der Waals surface area contributed by atoms with Gasteiger partial charge in [0.25, 0.3) is 0 Å². The summed E-state index contributed by atoms with van der Waals surface area (Å²) in [4.78, 5) is 15.1. The van der Waals surface area contributed by atoms with Crippen LogP contribution in [-0.2, 0) is 24.1 Å². The fourth-order valence-electron chi connectivity index (χ4n) is 1.60. The van der Waals surface area contributed by atoms with Crippen LogP contribution in [0.5, 0.6) is 0 Å². The van der Waals surface area contributed by atoms with Crippen LogP contribution in [0.25, 0.3) is 0 Å². The van der Waals surface area contributed by atoms with Gasteiger partial charge in [0.15, 0.2) is 0 Å². The molecule has 0 aromatic rings. The molecular formula is C14H27KO5S. The molecule has 0 aromatic heterocycles. The monoisotopic (exact) mass is 346 g/mol. The Balaban J connectivity index is 0. The van der Waals surface area contributed by atoms with Gasteiger partial charge < -0.3 is 0 Å². The molecule has 0 radical (unpaired) electrons. The Labute approximate surface area is 171 Å². The summed E-state index contributed by atoms with van der Waals surface area (Å²) in [6, 6.07) is 0. The Bertz CT molecular complexity index is 392. The summed E-state index contributed by atoms with van der Waals surface area (Å²) >= 11 is 0. The minimum atomic E-state index is -3.80. The van der Waals surface area contributed by atoms with Crippen molar-refractivity contribution in [3.05, 3.63) is 12.2 Å². The van der Waals surface area contributed by atoms with E-state index < -0.39 is 16.1 Å². The number of hydrogen-bond donors (Lipinski definition) is 0. The van der Waals surface area contributed by atoms with Crippen LogP contribution in [0.2, 0.25) is 0 Å². The molecule has 120 valence electrons. The van der Waals surface area contributed by atoms with E-state index in [-0.39, 0.29) is 62.7 Å². The molecule has 0 saturated heterocycles. The van der Waals surface area contributed by atoms with Gasteiger partial charge in [-0.2, -0.15) is 8.42 Å². The maximum atomic E-state index is 11.4. The van der Waals surface area contributed by atoms with Crippen molar-refractivity contribution in [1.82, 2.24) is 0 Å². The fourth-order valence-corrected chi connectivity index (χ4v) is 2.39. The molecule has 0 aliphatic carbocycles. The van der Waals surface area contributed by atoms with Gasteiger partial charge >= 0.3 is 67.5 Å². The van der Waals surface area contributed by atoms with E-state index in [1.165, 1.54) is 32.6 Å². The molecule has 0 amide bonds. The average molecular weight is 347 g/mol. The van der Waals surface area contributed by atoms with E-state index in [1.54, 1.807) is 0 Å². The van der Waals surface area contributed by atoms with E-state index in [4.69, 9.17) is 0 Å². The summed E-state index contributed by atoms with van der Waals surface area (Å²) in [5.74, 6) is -1.00. The van der Waals surface area contributed by atoms with Crippen molar-refractivity contribution >= 4 is 67.5 Å². The van der Waals surface area contributed by atoms with Gasteiger partial charge in [-0.15, -0.1) is 0 Å². The van der Waals surface area contributed by atoms with Gasteiger partial charge in [-0.25, -0.2) is 4.79 Å². The van der Waals surface area contributed by atoms with Gasteiger partial charge in [0.2, 0.25) is 0 Å². The third-order valence-corrected chi connectivity index (χ3v) is 3.87. The topological polar surface area (TPSA) is 69.7 Å². The molecule has 0 atom stereocenters. The quantitative estimate of drug-likeness (QED) is 0.179. The number of hydrogen-bond acceptors (Lipinski definition) is 5. The van der Waals surface area contributed by atoms with Crippen molar-refractivity contribution in [3.8, 4) is 0 Å². The molecule has 0 spiro atoms. The molecule has 5 nitrogen and oxygen atoms in total. The Hall–Kier alpha value is 0.756. The van der Waals surface area contributed by atoms with Crippen LogP contribution in [0, 0.1) is 0 Å². The van der Waals surface area contributed by atoms with E-state index in [9.17, 15) is 13.2 Å². The maximum absolute atomic E-state index is 11.4. The first kappa shape index (κ1) is 24.0. The standard InChI is InChI=1S/C14H26O5S.K.H/c1-4-5-6-7-8-9-10-11-12-20(16,17)19-18-14(15)13(2)3;;/h2,4-12H2,1,3H3;;. The summed E-state index contributed by atoms with van der Waals surface area (Å²) in [5, 5.41) is 0. The molecule has 0 aliphatic heterocycles. The van der Waals surface area contributed by atoms with Crippen LogP contribution in [0.15, 0.2) is 12.2 Å². The summed E-state index contributed by atoms with van der Waals surface area (Å²) in [7, 11) is -3.80. The second-order valence-electron chi connectivity index (χ2n) is 4.96. The molecule has 0 unspecified atom stereocenters. The normalized spacial score (nSPS) is 10.8. The number of carbonyl (C=O) groups excluding carboxylic acids is 1. The van der Waals surface area contributed by atoms with Crippen molar-refractivity contribution in [2.24, 2.45) is 0 Å². The van der Waals surface area contributed by atoms with E-state index in [0.717, 1.165) is 19.3 Å². The third-order valence-electron chi connectivity index (χ3n) is 2.81. The van der Waals surface area contributed by atoms with Crippen molar-refractivity contribution in [2.75, 3.05) is 5.75 Å². The van der Waals surface area contributed by atoms with Gasteiger partial charge in [0, 0.05) is 5.57 Å². The van der Waals surface area contributed by atoms with Crippen LogP contribution in [-0.4, -0.2) is 71.5 Å². The van der Waals surface area contributed by atoms with E-state index >= 15 is 0 Å². The predicted octanol–water partition coefficient (Wildman–Crippen LogP) is 2.86. The molecule has 0 fully saturated rings. The molecule has 0 N–H and O–H groups in total. The van der Waals surface area contributed by atoms with Gasteiger partial charge in [0.05, 0.1) is 5.75 Å². The Morgan fingerprint density at radius 2 is 1.48 bits per heavy atom. The second-order valence-corrected chi connectivity index (χ2v) is 6.62. The van der Waals surface area contributed by atoms with Gasteiger partial charge in [-0.05, 0) is 13.3 Å². The fraction of sp³-hybridized carbons (Fsp3) is 0.786. The zero-order valence-electron chi connectivity index (χ0n) is 12.5. The molecule has 0 bridgehead atoms. The molecule has 0 heterocycles. The van der Waals surface area contributed by atoms with Crippen LogP contribution in [0.1, 0.15) is 65.2 Å². The average Bonchev–Trinajstić information content (AvgIpc) is 2.39. The SMILES string of the molecule is C=C(C)C(=O)OOS(=O)(=O)CCCCCCCCCC.[KH]. The van der Waals surface area contributed by atoms with Crippen LogP contribution < -0.4 is 0 Å². The zero-order valence-corrected chi connectivity index (χ0v) is 13.3. The second kappa shape index (κ2) is 14.4. The molecule has 0 aliphatic rings. The minimum absolute atomic E-state index is 0. The number of rotatable bonds is 12. The molecule has 21 heavy (non-hydrogen) atoms. The molecular weight excluding hydrogens is 319 g/mol. The number of carbonyl (C=O) groups is 1. The van der Waals surface area contributed by atoms with Crippen molar-refractivity contribution in [2.45, 2.75) is 65.2 Å². The Morgan fingerprint density at radius 1 is 1.00 bits per heavy atom. The Kier molecular flexibility index (Phi) is 16.4. The van der Waals surface area contributed by atoms with Gasteiger partial charge in [-0.3, -0.25) is 4.89 Å². The summed E-state index contributed by atoms with van der Waals surface area (Å²) in [6.07, 6.45) is 8.43. The molecule has 0 aromatic carbocycles. The van der Waals surface area contributed by atoms with Crippen LogP contribution in [0.3, 0.4) is 0 Å². The van der Waals surface area contributed by atoms with Crippen molar-refractivity contribution in [3.63, 3.8) is 0 Å². The van der Waals surface area contributed by atoms with E-state index in [2.05, 4.69) is 22.7 Å². The van der Waals surface area contributed by atoms with Crippen LogP contribution >= 0.6 is 0 Å². The first-order chi connectivity index (χ1) is 9.39.